The lowest BCUT2D eigenvalue weighted by atomic mass is 10.1. The molecule has 6 heteroatoms. The zero-order valence-electron chi connectivity index (χ0n) is 13.0. The topological polar surface area (TPSA) is 73.6 Å². The number of aromatic amines is 2. The molecular formula is C18H15ClN4O. The number of rotatable bonds is 3. The molecule has 0 amide bonds. The summed E-state index contributed by atoms with van der Waals surface area (Å²) in [5.74, 6) is 0. The lowest BCUT2D eigenvalue weighted by molar-refractivity contribution is 1.07. The maximum absolute atomic E-state index is 12.2. The predicted molar refractivity (Wildman–Crippen MR) is 97.7 cm³/mol. The third-order valence-electron chi connectivity index (χ3n) is 4.12. The van der Waals surface area contributed by atoms with Gasteiger partial charge in [0, 0.05) is 39.1 Å². The number of fused-ring (bicyclic) bond motifs is 2. The molecule has 4 aromatic rings. The molecule has 5 nitrogen and oxygen atoms in total. The minimum absolute atomic E-state index is 0.101. The van der Waals surface area contributed by atoms with Crippen LogP contribution >= 0.6 is 11.6 Å². The van der Waals surface area contributed by atoms with Crippen molar-refractivity contribution in [3.8, 4) is 0 Å². The average molecular weight is 339 g/mol. The van der Waals surface area contributed by atoms with Gasteiger partial charge in [-0.3, -0.25) is 9.89 Å². The quantitative estimate of drug-likeness (QED) is 0.529. The molecule has 0 saturated heterocycles. The maximum atomic E-state index is 12.2. The second kappa shape index (κ2) is 5.69. The van der Waals surface area contributed by atoms with E-state index in [4.69, 9.17) is 11.6 Å². The van der Waals surface area contributed by atoms with E-state index in [1.165, 1.54) is 0 Å². The third-order valence-corrected chi connectivity index (χ3v) is 4.35. The van der Waals surface area contributed by atoms with Gasteiger partial charge >= 0.3 is 0 Å². The van der Waals surface area contributed by atoms with Crippen molar-refractivity contribution in [1.29, 1.82) is 0 Å². The largest absolute Gasteiger partial charge is 0.381 e. The predicted octanol–water partition coefficient (Wildman–Crippen LogP) is 3.98. The lowest BCUT2D eigenvalue weighted by Gasteiger charge is -2.07. The first-order valence-electron chi connectivity index (χ1n) is 7.60. The van der Waals surface area contributed by atoms with Gasteiger partial charge in [0.2, 0.25) is 0 Å². The first-order chi connectivity index (χ1) is 11.6. The molecule has 24 heavy (non-hydrogen) atoms. The summed E-state index contributed by atoms with van der Waals surface area (Å²) in [7, 11) is 0. The minimum atomic E-state index is -0.101. The van der Waals surface area contributed by atoms with Crippen molar-refractivity contribution in [2.45, 2.75) is 13.5 Å². The molecule has 0 fully saturated rings. The highest BCUT2D eigenvalue weighted by molar-refractivity contribution is 6.31. The number of aryl methyl sites for hydroxylation is 1. The fraction of sp³-hybridized carbons (Fsp3) is 0.111. The number of hydrogen-bond acceptors (Lipinski definition) is 3. The summed E-state index contributed by atoms with van der Waals surface area (Å²) in [6.07, 6.45) is 0. The van der Waals surface area contributed by atoms with Crippen molar-refractivity contribution < 1.29 is 0 Å². The van der Waals surface area contributed by atoms with E-state index in [9.17, 15) is 4.79 Å². The number of H-pyrrole nitrogens is 2. The summed E-state index contributed by atoms with van der Waals surface area (Å²) in [4.78, 5) is 15.1. The van der Waals surface area contributed by atoms with Crippen LogP contribution in [0.2, 0.25) is 5.02 Å². The monoisotopic (exact) mass is 338 g/mol. The van der Waals surface area contributed by atoms with Crippen LogP contribution in [0.4, 0.5) is 5.69 Å². The summed E-state index contributed by atoms with van der Waals surface area (Å²) >= 11 is 6.02. The van der Waals surface area contributed by atoms with E-state index in [0.29, 0.717) is 17.1 Å². The van der Waals surface area contributed by atoms with Crippen molar-refractivity contribution >= 4 is 39.1 Å². The smallest absolute Gasteiger partial charge is 0.253 e. The van der Waals surface area contributed by atoms with Crippen LogP contribution in [0.5, 0.6) is 0 Å². The van der Waals surface area contributed by atoms with Crippen molar-refractivity contribution in [1.82, 2.24) is 15.2 Å². The van der Waals surface area contributed by atoms with Gasteiger partial charge in [0.05, 0.1) is 11.2 Å². The van der Waals surface area contributed by atoms with Gasteiger partial charge in [-0.2, -0.15) is 5.10 Å². The maximum Gasteiger partial charge on any atom is 0.253 e. The molecule has 0 aliphatic carbocycles. The van der Waals surface area contributed by atoms with Gasteiger partial charge < -0.3 is 10.3 Å². The van der Waals surface area contributed by atoms with E-state index in [0.717, 1.165) is 33.2 Å². The fourth-order valence-electron chi connectivity index (χ4n) is 2.82. The number of nitrogens with zero attached hydrogens (tertiary/aromatic N) is 1. The Hall–Kier alpha value is -2.79. The molecule has 120 valence electrons. The molecule has 0 aliphatic heterocycles. The standard InChI is InChI=1S/C18H15ClN4O/c1-10-15-4-3-14(8-17(15)23-22-10)20-9-12-6-11-7-13(19)2-5-16(11)21-18(12)24/h2-8,20H,9H2,1H3,(H,21,24)(H,22,23). The van der Waals surface area contributed by atoms with E-state index >= 15 is 0 Å². The van der Waals surface area contributed by atoms with Crippen LogP contribution in [0.1, 0.15) is 11.3 Å². The van der Waals surface area contributed by atoms with Gasteiger partial charge in [0.1, 0.15) is 0 Å². The summed E-state index contributed by atoms with van der Waals surface area (Å²) in [5.41, 5.74) is 4.21. The number of nitrogens with one attached hydrogen (secondary N) is 3. The summed E-state index contributed by atoms with van der Waals surface area (Å²) < 4.78 is 0. The SMILES string of the molecule is Cc1n[nH]c2cc(NCc3cc4cc(Cl)ccc4[nH]c3=O)ccc12. The van der Waals surface area contributed by atoms with Crippen molar-refractivity contribution in [2.24, 2.45) is 0 Å². The third kappa shape index (κ3) is 2.63. The van der Waals surface area contributed by atoms with Gasteiger partial charge in [-0.15, -0.1) is 0 Å². The van der Waals surface area contributed by atoms with Crippen LogP contribution in [-0.2, 0) is 6.54 Å². The van der Waals surface area contributed by atoms with E-state index < -0.39 is 0 Å². The minimum Gasteiger partial charge on any atom is -0.381 e. The van der Waals surface area contributed by atoms with Crippen molar-refractivity contribution in [3.63, 3.8) is 0 Å². The fourth-order valence-corrected chi connectivity index (χ4v) is 3.00. The molecule has 2 aromatic heterocycles. The lowest BCUT2D eigenvalue weighted by Crippen LogP contribution is -2.15. The Labute approximate surface area is 142 Å². The number of pyridine rings is 1. The Morgan fingerprint density at radius 1 is 1.12 bits per heavy atom. The second-order valence-electron chi connectivity index (χ2n) is 5.78. The van der Waals surface area contributed by atoms with Gasteiger partial charge in [0.25, 0.3) is 5.56 Å². The molecule has 0 aliphatic rings. The molecule has 3 N–H and O–H groups in total. The number of hydrogen-bond donors (Lipinski definition) is 3. The summed E-state index contributed by atoms with van der Waals surface area (Å²) in [5, 5.41) is 13.1. The van der Waals surface area contributed by atoms with Crippen LogP contribution < -0.4 is 10.9 Å². The number of aromatic nitrogens is 3. The van der Waals surface area contributed by atoms with Gasteiger partial charge in [-0.25, -0.2) is 0 Å². The molecule has 0 spiro atoms. The van der Waals surface area contributed by atoms with E-state index in [2.05, 4.69) is 20.5 Å². The zero-order chi connectivity index (χ0) is 16.7. The van der Waals surface area contributed by atoms with Gasteiger partial charge in [-0.1, -0.05) is 11.6 Å². The molecule has 0 bridgehead atoms. The molecule has 0 unspecified atom stereocenters. The highest BCUT2D eigenvalue weighted by atomic mass is 35.5. The van der Waals surface area contributed by atoms with E-state index in [-0.39, 0.29) is 5.56 Å². The Kier molecular flexibility index (Phi) is 3.50. The van der Waals surface area contributed by atoms with Crippen molar-refractivity contribution in [2.75, 3.05) is 5.32 Å². The normalized spacial score (nSPS) is 11.2. The molecule has 0 saturated carbocycles. The number of halogens is 1. The highest BCUT2D eigenvalue weighted by Crippen LogP contribution is 2.21. The Bertz CT molecular complexity index is 1110. The van der Waals surface area contributed by atoms with Crippen molar-refractivity contribution in [3.05, 3.63) is 69.1 Å². The summed E-state index contributed by atoms with van der Waals surface area (Å²) in [6.45, 7) is 2.39. The number of anilines is 1. The Morgan fingerprint density at radius 2 is 2.00 bits per heavy atom. The first-order valence-corrected chi connectivity index (χ1v) is 7.98. The van der Waals surface area contributed by atoms with E-state index in [1.807, 2.05) is 43.3 Å². The van der Waals surface area contributed by atoms with Gasteiger partial charge in [0.15, 0.2) is 0 Å². The number of benzene rings is 2. The Balaban J connectivity index is 1.63. The van der Waals surface area contributed by atoms with Crippen LogP contribution in [0.15, 0.2) is 47.3 Å². The zero-order valence-corrected chi connectivity index (χ0v) is 13.7. The van der Waals surface area contributed by atoms with Gasteiger partial charge in [-0.05, 0) is 49.4 Å². The molecule has 2 heterocycles. The Morgan fingerprint density at radius 3 is 2.88 bits per heavy atom. The molecule has 0 radical (unpaired) electrons. The van der Waals surface area contributed by atoms with Crippen LogP contribution in [-0.4, -0.2) is 15.2 Å². The molecule has 0 atom stereocenters. The van der Waals surface area contributed by atoms with Crippen LogP contribution in [0, 0.1) is 6.92 Å². The highest BCUT2D eigenvalue weighted by Gasteiger charge is 2.05. The van der Waals surface area contributed by atoms with E-state index in [1.54, 1.807) is 6.07 Å². The second-order valence-corrected chi connectivity index (χ2v) is 6.21. The molecule has 4 rings (SSSR count). The molecule has 2 aromatic carbocycles. The molecular weight excluding hydrogens is 324 g/mol. The average Bonchev–Trinajstić information content (AvgIpc) is 2.94. The van der Waals surface area contributed by atoms with Crippen LogP contribution in [0.25, 0.3) is 21.8 Å². The summed E-state index contributed by atoms with van der Waals surface area (Å²) in [6, 6.07) is 13.3. The van der Waals surface area contributed by atoms with Crippen LogP contribution in [0.3, 0.4) is 0 Å². The first kappa shape index (κ1) is 14.8.